The highest BCUT2D eigenvalue weighted by Gasteiger charge is 2.33. The lowest BCUT2D eigenvalue weighted by Crippen LogP contribution is -2.50. The van der Waals surface area contributed by atoms with E-state index in [4.69, 9.17) is 9.47 Å². The highest BCUT2D eigenvalue weighted by atomic mass is 19.3. The second-order valence-electron chi connectivity index (χ2n) is 8.29. The Balaban J connectivity index is 1.95. The molecule has 0 atom stereocenters. The molecular weight excluding hydrogens is 462 g/mol. The number of benzene rings is 1. The van der Waals surface area contributed by atoms with Crippen molar-refractivity contribution < 1.29 is 32.6 Å². The molecule has 0 unspecified atom stereocenters. The number of anilines is 2. The van der Waals surface area contributed by atoms with E-state index in [-0.39, 0.29) is 23.5 Å². The van der Waals surface area contributed by atoms with Crippen molar-refractivity contribution in [3.8, 4) is 11.8 Å². The topological polar surface area (TPSA) is 93.2 Å². The first kappa shape index (κ1) is 26.0. The second-order valence-corrected chi connectivity index (χ2v) is 8.29. The lowest BCUT2D eigenvalue weighted by Gasteiger charge is -2.39. The minimum absolute atomic E-state index is 0.0184. The average molecular weight is 493 g/mol. The number of rotatable bonds is 7. The van der Waals surface area contributed by atoms with Crippen LogP contribution in [0.5, 0.6) is 11.8 Å². The van der Waals surface area contributed by atoms with E-state index in [1.807, 2.05) is 38.1 Å². The molecule has 3 amide bonds. The zero-order valence-electron chi connectivity index (χ0n) is 20.2. The molecule has 0 bridgehead atoms. The minimum Gasteiger partial charge on any atom is -0.481 e. The third-order valence-corrected chi connectivity index (χ3v) is 5.79. The quantitative estimate of drug-likeness (QED) is 0.579. The molecule has 3 rings (SSSR count). The molecule has 9 nitrogen and oxygen atoms in total. The number of pyridine rings is 1. The van der Waals surface area contributed by atoms with Gasteiger partial charge in [-0.2, -0.15) is 13.8 Å². The van der Waals surface area contributed by atoms with Crippen LogP contribution in [0.4, 0.5) is 29.7 Å². The van der Waals surface area contributed by atoms with Gasteiger partial charge < -0.3 is 24.4 Å². The van der Waals surface area contributed by atoms with Gasteiger partial charge in [-0.1, -0.05) is 32.0 Å². The number of urea groups is 1. The highest BCUT2D eigenvalue weighted by molar-refractivity contribution is 6.03. The summed E-state index contributed by atoms with van der Waals surface area (Å²) in [7, 11) is 2.67. The first-order valence-electron chi connectivity index (χ1n) is 11.3. The summed E-state index contributed by atoms with van der Waals surface area (Å²) < 4.78 is 40.3. The van der Waals surface area contributed by atoms with Gasteiger partial charge in [0.05, 0.1) is 14.2 Å². The number of amides is 3. The molecule has 1 fully saturated rings. The number of para-hydroxylation sites is 1. The maximum absolute atomic E-state index is 13.7. The predicted molar refractivity (Wildman–Crippen MR) is 126 cm³/mol. The molecule has 0 saturated carbocycles. The maximum atomic E-state index is 13.7. The molecule has 0 spiro atoms. The Hall–Kier alpha value is -3.63. The molecule has 1 aliphatic rings. The number of nitrogens with one attached hydrogen (secondary N) is 1. The number of alkyl halides is 2. The van der Waals surface area contributed by atoms with Crippen LogP contribution in [0.15, 0.2) is 36.4 Å². The SMILES string of the molecule is COC(=O)N1CCC(N(C(=O)Nc2ccc(OC)nc2OC(F)F)c2ccccc2C(C)C)CC1. The molecular formula is C24H30F2N4O5. The Labute approximate surface area is 203 Å². The Kier molecular flexibility index (Phi) is 8.67. The molecule has 2 aromatic rings. The van der Waals surface area contributed by atoms with Crippen LogP contribution in [0, 0.1) is 0 Å². The smallest absolute Gasteiger partial charge is 0.409 e. The molecule has 1 aliphatic heterocycles. The number of nitrogens with zero attached hydrogens (tertiary/aromatic N) is 3. The highest BCUT2D eigenvalue weighted by Crippen LogP contribution is 2.33. The maximum Gasteiger partial charge on any atom is 0.409 e. The summed E-state index contributed by atoms with van der Waals surface area (Å²) in [6.07, 6.45) is 0.604. The van der Waals surface area contributed by atoms with Crippen LogP contribution in [0.3, 0.4) is 0 Å². The molecule has 190 valence electrons. The van der Waals surface area contributed by atoms with Gasteiger partial charge in [-0.25, -0.2) is 9.59 Å². The molecule has 1 N–H and O–H groups in total. The number of piperidine rings is 1. The van der Waals surface area contributed by atoms with Crippen molar-refractivity contribution >= 4 is 23.5 Å². The lowest BCUT2D eigenvalue weighted by molar-refractivity contribution is -0.0525. The van der Waals surface area contributed by atoms with Crippen molar-refractivity contribution in [2.45, 2.75) is 45.3 Å². The second kappa shape index (κ2) is 11.7. The van der Waals surface area contributed by atoms with Gasteiger partial charge in [-0.05, 0) is 36.5 Å². The van der Waals surface area contributed by atoms with E-state index in [0.717, 1.165) is 5.56 Å². The molecule has 35 heavy (non-hydrogen) atoms. The molecule has 0 radical (unpaired) electrons. The van der Waals surface area contributed by atoms with Crippen molar-refractivity contribution in [2.75, 3.05) is 37.5 Å². The fourth-order valence-electron chi connectivity index (χ4n) is 4.08. The minimum atomic E-state index is -3.13. The number of halogens is 2. The van der Waals surface area contributed by atoms with Gasteiger partial charge in [-0.3, -0.25) is 4.90 Å². The van der Waals surface area contributed by atoms with Crippen LogP contribution in [-0.2, 0) is 4.74 Å². The van der Waals surface area contributed by atoms with Gasteiger partial charge in [0.2, 0.25) is 11.8 Å². The molecule has 2 heterocycles. The summed E-state index contributed by atoms with van der Waals surface area (Å²) in [6.45, 7) is 1.74. The number of carbonyl (C=O) groups is 2. The Morgan fingerprint density at radius 2 is 1.80 bits per heavy atom. The van der Waals surface area contributed by atoms with Crippen LogP contribution >= 0.6 is 0 Å². The van der Waals surface area contributed by atoms with E-state index in [1.165, 1.54) is 26.4 Å². The molecule has 11 heteroatoms. The van der Waals surface area contributed by atoms with Gasteiger partial charge in [0.25, 0.3) is 0 Å². The number of likely N-dealkylation sites (tertiary alicyclic amines) is 1. The third-order valence-electron chi connectivity index (χ3n) is 5.79. The Morgan fingerprint density at radius 1 is 1.11 bits per heavy atom. The normalized spacial score (nSPS) is 14.1. The van der Waals surface area contributed by atoms with Crippen LogP contribution in [-0.4, -0.2) is 62.0 Å². The van der Waals surface area contributed by atoms with E-state index < -0.39 is 24.6 Å². The third kappa shape index (κ3) is 6.28. The van der Waals surface area contributed by atoms with E-state index in [2.05, 4.69) is 15.0 Å². The molecule has 1 aromatic heterocycles. The van der Waals surface area contributed by atoms with Crippen LogP contribution < -0.4 is 19.7 Å². The first-order valence-corrected chi connectivity index (χ1v) is 11.3. The van der Waals surface area contributed by atoms with Gasteiger partial charge in [0.15, 0.2) is 0 Å². The van der Waals surface area contributed by atoms with Crippen LogP contribution in [0.25, 0.3) is 0 Å². The van der Waals surface area contributed by atoms with Crippen molar-refractivity contribution in [2.24, 2.45) is 0 Å². The van der Waals surface area contributed by atoms with Gasteiger partial charge in [0, 0.05) is 30.9 Å². The number of hydrogen-bond acceptors (Lipinski definition) is 6. The van der Waals surface area contributed by atoms with Crippen molar-refractivity contribution in [3.05, 3.63) is 42.0 Å². The summed E-state index contributed by atoms with van der Waals surface area (Å²) >= 11 is 0. The van der Waals surface area contributed by atoms with Gasteiger partial charge in [0.1, 0.15) is 5.69 Å². The van der Waals surface area contributed by atoms with Gasteiger partial charge in [-0.15, -0.1) is 0 Å². The Bertz CT molecular complexity index is 1030. The summed E-state index contributed by atoms with van der Waals surface area (Å²) in [5.74, 6) is -0.266. The number of ether oxygens (including phenoxy) is 3. The zero-order valence-corrected chi connectivity index (χ0v) is 20.2. The zero-order chi connectivity index (χ0) is 25.5. The Morgan fingerprint density at radius 3 is 2.40 bits per heavy atom. The summed E-state index contributed by atoms with van der Waals surface area (Å²) in [5, 5.41) is 2.68. The monoisotopic (exact) mass is 492 g/mol. The number of hydrogen-bond donors (Lipinski definition) is 1. The number of methoxy groups -OCH3 is 2. The first-order chi connectivity index (χ1) is 16.7. The van der Waals surface area contributed by atoms with Gasteiger partial charge >= 0.3 is 18.7 Å². The summed E-state index contributed by atoms with van der Waals surface area (Å²) in [5.41, 5.74) is 1.64. The van der Waals surface area contributed by atoms with Crippen LogP contribution in [0.2, 0.25) is 0 Å². The number of carbonyl (C=O) groups excluding carboxylic acids is 2. The van der Waals surface area contributed by atoms with Crippen LogP contribution in [0.1, 0.15) is 38.2 Å². The van der Waals surface area contributed by atoms with Crippen molar-refractivity contribution in [1.29, 1.82) is 0 Å². The van der Waals surface area contributed by atoms with Crippen molar-refractivity contribution in [1.82, 2.24) is 9.88 Å². The number of aromatic nitrogens is 1. The largest absolute Gasteiger partial charge is 0.481 e. The fraction of sp³-hybridized carbons (Fsp3) is 0.458. The fourth-order valence-corrected chi connectivity index (χ4v) is 4.08. The summed E-state index contributed by atoms with van der Waals surface area (Å²) in [6, 6.07) is 9.60. The van der Waals surface area contributed by atoms with E-state index in [1.54, 1.807) is 9.80 Å². The summed E-state index contributed by atoms with van der Waals surface area (Å²) in [4.78, 5) is 32.7. The standard InChI is InChI=1S/C24H30F2N4O5/c1-15(2)17-7-5-6-8-19(17)30(16-11-13-29(14-12-16)24(32)34-4)23(31)27-18-9-10-20(33-3)28-21(18)35-22(25)26/h5-10,15-16,22H,11-14H2,1-4H3,(H,27,31). The molecule has 1 saturated heterocycles. The predicted octanol–water partition coefficient (Wildman–Crippen LogP) is 5.08. The van der Waals surface area contributed by atoms with Crippen molar-refractivity contribution in [3.63, 3.8) is 0 Å². The average Bonchev–Trinajstić information content (AvgIpc) is 2.85. The van der Waals surface area contributed by atoms with E-state index in [9.17, 15) is 18.4 Å². The molecule has 0 aliphatic carbocycles. The lowest BCUT2D eigenvalue weighted by atomic mass is 9.97. The van der Waals surface area contributed by atoms with E-state index >= 15 is 0 Å². The molecule has 1 aromatic carbocycles. The van der Waals surface area contributed by atoms with E-state index in [0.29, 0.717) is 31.6 Å².